The third-order valence-electron chi connectivity index (χ3n) is 6.53. The molecule has 192 valence electrons. The van der Waals surface area contributed by atoms with E-state index in [-0.39, 0.29) is 5.91 Å². The molecule has 9 heteroatoms. The smallest absolute Gasteiger partial charge is 0.255 e. The SMILES string of the molecule is Cc1ccc(NC(=O)c2ccc(CN3CCN(C=O)CC3)cc2)cc1Nc1nccc(-c2cccnc2)n1. The first kappa shape index (κ1) is 25.0. The Balaban J connectivity index is 1.22. The van der Waals surface area contributed by atoms with Gasteiger partial charge < -0.3 is 15.5 Å². The Hall–Kier alpha value is -4.63. The Morgan fingerprint density at radius 2 is 1.82 bits per heavy atom. The fraction of sp³-hybridized carbons (Fsp3) is 0.207. The standard InChI is InChI=1S/C29H29N7O2/c1-21-4-9-25(17-27(21)34-29-31-12-10-26(33-29)24-3-2-11-30-18-24)32-28(38)23-7-5-22(6-8-23)19-35-13-15-36(20-37)16-14-35/h2-12,17-18,20H,13-16,19H2,1H3,(H,32,38)(H,31,33,34). The lowest BCUT2D eigenvalue weighted by atomic mass is 10.1. The van der Waals surface area contributed by atoms with Crippen LogP contribution < -0.4 is 10.6 Å². The van der Waals surface area contributed by atoms with Gasteiger partial charge in [-0.1, -0.05) is 18.2 Å². The number of benzene rings is 2. The Bertz CT molecular complexity index is 1400. The molecule has 0 spiro atoms. The van der Waals surface area contributed by atoms with Crippen molar-refractivity contribution in [2.24, 2.45) is 0 Å². The highest BCUT2D eigenvalue weighted by Gasteiger charge is 2.16. The maximum Gasteiger partial charge on any atom is 0.255 e. The van der Waals surface area contributed by atoms with Crippen LogP contribution in [0.15, 0.2) is 79.3 Å². The summed E-state index contributed by atoms with van der Waals surface area (Å²) < 4.78 is 0. The molecule has 4 aromatic rings. The highest BCUT2D eigenvalue weighted by molar-refractivity contribution is 6.04. The third-order valence-corrected chi connectivity index (χ3v) is 6.53. The van der Waals surface area contributed by atoms with Gasteiger partial charge in [0, 0.05) is 73.8 Å². The van der Waals surface area contributed by atoms with Crippen molar-refractivity contribution in [3.8, 4) is 11.3 Å². The number of carbonyl (C=O) groups is 2. The molecule has 0 atom stereocenters. The summed E-state index contributed by atoms with van der Waals surface area (Å²) in [4.78, 5) is 41.0. The summed E-state index contributed by atoms with van der Waals surface area (Å²) >= 11 is 0. The van der Waals surface area contributed by atoms with Crippen LogP contribution in [0, 0.1) is 6.92 Å². The molecule has 0 radical (unpaired) electrons. The highest BCUT2D eigenvalue weighted by Crippen LogP contribution is 2.24. The molecule has 2 aromatic heterocycles. The maximum absolute atomic E-state index is 12.9. The molecule has 5 rings (SSSR count). The second kappa shape index (κ2) is 11.6. The Morgan fingerprint density at radius 1 is 1.00 bits per heavy atom. The number of aryl methyl sites for hydroxylation is 1. The number of hydrogen-bond acceptors (Lipinski definition) is 7. The van der Waals surface area contributed by atoms with E-state index in [1.807, 2.05) is 67.6 Å². The van der Waals surface area contributed by atoms with Crippen LogP contribution >= 0.6 is 0 Å². The third kappa shape index (κ3) is 6.19. The van der Waals surface area contributed by atoms with E-state index in [1.54, 1.807) is 23.5 Å². The van der Waals surface area contributed by atoms with Gasteiger partial charge >= 0.3 is 0 Å². The van der Waals surface area contributed by atoms with E-state index in [0.717, 1.165) is 67.2 Å². The minimum Gasteiger partial charge on any atom is -0.343 e. The number of amides is 2. The summed E-state index contributed by atoms with van der Waals surface area (Å²) in [6.45, 7) is 5.98. The van der Waals surface area contributed by atoms with E-state index in [1.165, 1.54) is 0 Å². The van der Waals surface area contributed by atoms with Crippen molar-refractivity contribution in [2.45, 2.75) is 13.5 Å². The van der Waals surface area contributed by atoms with Crippen LogP contribution in [-0.2, 0) is 11.3 Å². The molecular formula is C29H29N7O2. The fourth-order valence-electron chi connectivity index (χ4n) is 4.30. The zero-order chi connectivity index (χ0) is 26.3. The molecule has 38 heavy (non-hydrogen) atoms. The van der Waals surface area contributed by atoms with Gasteiger partial charge in [-0.15, -0.1) is 0 Å². The number of nitrogens with zero attached hydrogens (tertiary/aromatic N) is 5. The van der Waals surface area contributed by atoms with Gasteiger partial charge in [0.25, 0.3) is 5.91 Å². The van der Waals surface area contributed by atoms with E-state index >= 15 is 0 Å². The summed E-state index contributed by atoms with van der Waals surface area (Å²) in [6, 6.07) is 19.0. The van der Waals surface area contributed by atoms with Gasteiger partial charge in [0.05, 0.1) is 5.69 Å². The molecule has 2 aromatic carbocycles. The average Bonchev–Trinajstić information content (AvgIpc) is 2.96. The van der Waals surface area contributed by atoms with Crippen molar-refractivity contribution < 1.29 is 9.59 Å². The van der Waals surface area contributed by atoms with Crippen LogP contribution in [0.5, 0.6) is 0 Å². The summed E-state index contributed by atoms with van der Waals surface area (Å²) in [5.74, 6) is 0.280. The average molecular weight is 508 g/mol. The molecule has 3 heterocycles. The molecule has 2 N–H and O–H groups in total. The zero-order valence-corrected chi connectivity index (χ0v) is 21.2. The van der Waals surface area contributed by atoms with Gasteiger partial charge in [0.15, 0.2) is 0 Å². The Labute approximate surface area is 221 Å². The molecule has 0 bridgehead atoms. The quantitative estimate of drug-likeness (QED) is 0.346. The minimum atomic E-state index is -0.180. The normalized spacial score (nSPS) is 13.7. The van der Waals surface area contributed by atoms with Crippen molar-refractivity contribution in [2.75, 3.05) is 36.8 Å². The molecule has 0 aliphatic carbocycles. The Kier molecular flexibility index (Phi) is 7.65. The number of hydrogen-bond donors (Lipinski definition) is 2. The second-order valence-corrected chi connectivity index (χ2v) is 9.23. The van der Waals surface area contributed by atoms with Crippen LogP contribution in [0.4, 0.5) is 17.3 Å². The van der Waals surface area contributed by atoms with Crippen LogP contribution in [0.3, 0.4) is 0 Å². The van der Waals surface area contributed by atoms with Crippen LogP contribution in [-0.4, -0.2) is 63.2 Å². The predicted molar refractivity (Wildman–Crippen MR) is 147 cm³/mol. The van der Waals surface area contributed by atoms with Gasteiger partial charge in [0.1, 0.15) is 0 Å². The van der Waals surface area contributed by atoms with Gasteiger partial charge in [0.2, 0.25) is 12.4 Å². The number of pyridine rings is 1. The molecule has 2 amide bonds. The zero-order valence-electron chi connectivity index (χ0n) is 21.2. The van der Waals surface area contributed by atoms with Crippen molar-refractivity contribution in [1.82, 2.24) is 24.8 Å². The van der Waals surface area contributed by atoms with Crippen LogP contribution in [0.25, 0.3) is 11.3 Å². The first-order valence-electron chi connectivity index (χ1n) is 12.5. The lowest BCUT2D eigenvalue weighted by molar-refractivity contribution is -0.119. The number of aromatic nitrogens is 3. The lowest BCUT2D eigenvalue weighted by Gasteiger charge is -2.32. The summed E-state index contributed by atoms with van der Waals surface area (Å²) in [5, 5.41) is 6.25. The molecule has 9 nitrogen and oxygen atoms in total. The van der Waals surface area contributed by atoms with E-state index in [4.69, 9.17) is 0 Å². The monoisotopic (exact) mass is 507 g/mol. The molecule has 1 aliphatic heterocycles. The van der Waals surface area contributed by atoms with E-state index < -0.39 is 0 Å². The second-order valence-electron chi connectivity index (χ2n) is 9.23. The minimum absolute atomic E-state index is 0.180. The summed E-state index contributed by atoms with van der Waals surface area (Å²) in [5.41, 5.74) is 5.86. The molecule has 1 saturated heterocycles. The van der Waals surface area contributed by atoms with Crippen molar-refractivity contribution in [1.29, 1.82) is 0 Å². The highest BCUT2D eigenvalue weighted by atomic mass is 16.1. The number of anilines is 3. The van der Waals surface area contributed by atoms with Crippen molar-refractivity contribution in [3.05, 3.63) is 95.9 Å². The molecule has 1 aliphatic rings. The van der Waals surface area contributed by atoms with Gasteiger partial charge in [-0.05, 0) is 60.5 Å². The largest absolute Gasteiger partial charge is 0.343 e. The lowest BCUT2D eigenvalue weighted by Crippen LogP contribution is -2.45. The van der Waals surface area contributed by atoms with Crippen molar-refractivity contribution in [3.63, 3.8) is 0 Å². The van der Waals surface area contributed by atoms with Gasteiger partial charge in [-0.25, -0.2) is 9.97 Å². The Morgan fingerprint density at radius 3 is 2.55 bits per heavy atom. The number of piperazine rings is 1. The van der Waals surface area contributed by atoms with Gasteiger partial charge in [-0.2, -0.15) is 0 Å². The van der Waals surface area contributed by atoms with Crippen molar-refractivity contribution >= 4 is 29.6 Å². The molecule has 0 saturated carbocycles. The van der Waals surface area contributed by atoms with Crippen LogP contribution in [0.2, 0.25) is 0 Å². The molecular weight excluding hydrogens is 478 g/mol. The fourth-order valence-corrected chi connectivity index (χ4v) is 4.30. The van der Waals surface area contributed by atoms with Gasteiger partial charge in [-0.3, -0.25) is 19.5 Å². The van der Waals surface area contributed by atoms with E-state index in [9.17, 15) is 9.59 Å². The topological polar surface area (TPSA) is 103 Å². The first-order chi connectivity index (χ1) is 18.6. The number of carbonyl (C=O) groups excluding carboxylic acids is 2. The molecule has 0 unspecified atom stereocenters. The predicted octanol–water partition coefficient (Wildman–Crippen LogP) is 4.12. The van der Waals surface area contributed by atoms with Crippen LogP contribution in [0.1, 0.15) is 21.5 Å². The van der Waals surface area contributed by atoms with E-state index in [0.29, 0.717) is 17.2 Å². The number of rotatable bonds is 8. The molecule has 1 fully saturated rings. The summed E-state index contributed by atoms with van der Waals surface area (Å²) in [6.07, 6.45) is 6.09. The first-order valence-corrected chi connectivity index (χ1v) is 12.5. The summed E-state index contributed by atoms with van der Waals surface area (Å²) in [7, 11) is 0. The number of nitrogens with one attached hydrogen (secondary N) is 2. The maximum atomic E-state index is 12.9. The van der Waals surface area contributed by atoms with E-state index in [2.05, 4.69) is 30.5 Å².